The third-order valence-electron chi connectivity index (χ3n) is 0.213. The van der Waals surface area contributed by atoms with Crippen LogP contribution in [-0.4, -0.2) is 19.6 Å². The quantitative estimate of drug-likeness (QED) is 0.372. The van der Waals surface area contributed by atoms with Crippen LogP contribution in [-0.2, 0) is 13.4 Å². The van der Waals surface area contributed by atoms with E-state index >= 15 is 0 Å². The summed E-state index contributed by atoms with van der Waals surface area (Å²) in [6.07, 6.45) is 0. The van der Waals surface area contributed by atoms with Gasteiger partial charge in [0.05, 0.1) is 0 Å². The summed E-state index contributed by atoms with van der Waals surface area (Å²) < 4.78 is 22.2. The second kappa shape index (κ2) is 7.23. The first-order valence-electron chi connectivity index (χ1n) is 1.53. The van der Waals surface area contributed by atoms with Gasteiger partial charge in [0.1, 0.15) is 0 Å². The Bertz CT molecular complexity index is 155. The predicted octanol–water partition coefficient (Wildman–Crippen LogP) is -0.812. The maximum atomic E-state index is 9.63. The molecule has 0 saturated carbocycles. The molecule has 0 atom stereocenters. The molecule has 0 saturated heterocycles. The molecule has 0 unspecified atom stereocenters. The Morgan fingerprint density at radius 1 is 0.818 bits per heavy atom. The van der Waals surface area contributed by atoms with Crippen LogP contribution in [0.25, 0.3) is 0 Å². The Morgan fingerprint density at radius 3 is 1.00 bits per heavy atom. The summed E-state index contributed by atoms with van der Waals surface area (Å²) in [4.78, 5) is 31.0. The summed E-state index contributed by atoms with van der Waals surface area (Å²) in [6, 6.07) is 0. The van der Waals surface area contributed by atoms with Gasteiger partial charge in [-0.05, 0) is 0 Å². The number of rotatable bonds is 2. The maximum Gasteiger partial charge on any atom is 0.478 e. The topological polar surface area (TPSA) is 124 Å². The SMILES string of the molecule is O=P(O)(O)OP(=O)(O)O.[Gd].[Gd]. The van der Waals surface area contributed by atoms with Crippen molar-refractivity contribution in [2.45, 2.75) is 0 Å². The van der Waals surface area contributed by atoms with Gasteiger partial charge in [0, 0.05) is 79.9 Å². The van der Waals surface area contributed by atoms with Crippen molar-refractivity contribution < 1.29 is 113 Å². The molecule has 0 aromatic carbocycles. The van der Waals surface area contributed by atoms with Crippen molar-refractivity contribution >= 4 is 15.6 Å². The average molecular weight is 492 g/mol. The van der Waals surface area contributed by atoms with Crippen LogP contribution in [0.3, 0.4) is 0 Å². The van der Waals surface area contributed by atoms with Crippen LogP contribution in [0.2, 0.25) is 0 Å². The van der Waals surface area contributed by atoms with E-state index in [-0.39, 0.29) is 79.9 Å². The fourth-order valence-corrected chi connectivity index (χ4v) is 1.25. The van der Waals surface area contributed by atoms with Crippen LogP contribution in [0.5, 0.6) is 0 Å². The predicted molar refractivity (Wildman–Crippen MR) is 25.2 cm³/mol. The van der Waals surface area contributed by atoms with E-state index in [1.807, 2.05) is 0 Å². The smallest absolute Gasteiger partial charge is 0.302 e. The summed E-state index contributed by atoms with van der Waals surface area (Å²) in [5, 5.41) is 0. The van der Waals surface area contributed by atoms with Crippen LogP contribution >= 0.6 is 15.6 Å². The van der Waals surface area contributed by atoms with Gasteiger partial charge in [-0.1, -0.05) is 0 Å². The fourth-order valence-electron chi connectivity index (χ4n) is 0.139. The van der Waals surface area contributed by atoms with Crippen molar-refractivity contribution in [2.75, 3.05) is 0 Å². The van der Waals surface area contributed by atoms with Gasteiger partial charge >= 0.3 is 15.6 Å². The zero-order valence-electron chi connectivity index (χ0n) is 4.62. The van der Waals surface area contributed by atoms with E-state index in [0.717, 1.165) is 0 Å². The van der Waals surface area contributed by atoms with Crippen molar-refractivity contribution in [3.05, 3.63) is 0 Å². The minimum Gasteiger partial charge on any atom is -0.302 e. The van der Waals surface area contributed by atoms with E-state index in [0.29, 0.717) is 0 Å². The molecule has 11 heteroatoms. The molecule has 0 aliphatic carbocycles. The van der Waals surface area contributed by atoms with E-state index in [1.54, 1.807) is 0 Å². The third kappa shape index (κ3) is 19.4. The van der Waals surface area contributed by atoms with Gasteiger partial charge in [-0.3, -0.25) is 0 Å². The molecule has 0 rings (SSSR count). The summed E-state index contributed by atoms with van der Waals surface area (Å²) >= 11 is 0. The molecule has 0 radical (unpaired) electrons. The third-order valence-corrected chi connectivity index (χ3v) is 1.91. The van der Waals surface area contributed by atoms with Crippen LogP contribution in [0.4, 0.5) is 0 Å². The van der Waals surface area contributed by atoms with Gasteiger partial charge in [-0.2, -0.15) is 4.31 Å². The molecule has 0 amide bonds. The molecule has 7 nitrogen and oxygen atoms in total. The number of phosphoric acid groups is 2. The van der Waals surface area contributed by atoms with Crippen LogP contribution < -0.4 is 0 Å². The number of hydrogen-bond donors (Lipinski definition) is 4. The van der Waals surface area contributed by atoms with Gasteiger partial charge < -0.3 is 19.6 Å². The summed E-state index contributed by atoms with van der Waals surface area (Å²) in [7, 11) is -10.1. The molecular formula is H4Gd2O7P2. The molecular weight excluding hydrogens is 488 g/mol. The molecule has 0 aliphatic heterocycles. The number of hydrogen-bond acceptors (Lipinski definition) is 3. The van der Waals surface area contributed by atoms with E-state index in [9.17, 15) is 9.13 Å². The molecule has 11 heavy (non-hydrogen) atoms. The second-order valence-corrected chi connectivity index (χ2v) is 3.68. The minimum atomic E-state index is -5.05. The van der Waals surface area contributed by atoms with Crippen molar-refractivity contribution in [1.29, 1.82) is 0 Å². The molecule has 0 fully saturated rings. The molecule has 0 aromatic heterocycles. The van der Waals surface area contributed by atoms with Gasteiger partial charge in [-0.25, -0.2) is 9.13 Å². The Hall–Kier alpha value is 2.91. The van der Waals surface area contributed by atoms with E-state index in [2.05, 4.69) is 4.31 Å². The van der Waals surface area contributed by atoms with Gasteiger partial charge in [0.25, 0.3) is 0 Å². The van der Waals surface area contributed by atoms with Crippen LogP contribution in [0, 0.1) is 79.9 Å². The fraction of sp³-hybridized carbons (Fsp3) is 0. The molecule has 0 heterocycles. The Labute approximate surface area is 126 Å². The zero-order chi connectivity index (χ0) is 7.71. The monoisotopic (exact) mass is 494 g/mol. The molecule has 0 bridgehead atoms. The first-order valence-corrected chi connectivity index (χ1v) is 4.59. The van der Waals surface area contributed by atoms with Crippen molar-refractivity contribution in [2.24, 2.45) is 0 Å². The van der Waals surface area contributed by atoms with Gasteiger partial charge in [0.2, 0.25) is 0 Å². The average Bonchev–Trinajstić information content (AvgIpc) is 1.14. The standard InChI is InChI=1S/2Gd.H4O7P2/c;;1-8(2,3)7-9(4,5)6/h;;(H2,1,2,3)(H2,4,5,6). The largest absolute Gasteiger partial charge is 0.478 e. The van der Waals surface area contributed by atoms with E-state index in [1.165, 1.54) is 0 Å². The normalized spacial score (nSPS) is 11.3. The van der Waals surface area contributed by atoms with Crippen LogP contribution in [0.15, 0.2) is 0 Å². The van der Waals surface area contributed by atoms with E-state index < -0.39 is 15.6 Å². The maximum absolute atomic E-state index is 9.63. The summed E-state index contributed by atoms with van der Waals surface area (Å²) in [6.45, 7) is 0. The first-order chi connectivity index (χ1) is 3.71. The molecule has 0 spiro atoms. The second-order valence-electron chi connectivity index (χ2n) is 1.06. The Kier molecular flexibility index (Phi) is 12.8. The Morgan fingerprint density at radius 2 is 1.00 bits per heavy atom. The zero-order valence-corrected chi connectivity index (χ0v) is 10.9. The summed E-state index contributed by atoms with van der Waals surface area (Å²) in [5.41, 5.74) is 0. The minimum absolute atomic E-state index is 0. The van der Waals surface area contributed by atoms with Gasteiger partial charge in [-0.15, -0.1) is 0 Å². The molecule has 0 aliphatic rings. The van der Waals surface area contributed by atoms with Crippen molar-refractivity contribution in [3.63, 3.8) is 0 Å². The van der Waals surface area contributed by atoms with Crippen molar-refractivity contribution in [3.8, 4) is 0 Å². The van der Waals surface area contributed by atoms with Crippen molar-refractivity contribution in [1.82, 2.24) is 0 Å². The van der Waals surface area contributed by atoms with Crippen LogP contribution in [0.1, 0.15) is 0 Å². The summed E-state index contributed by atoms with van der Waals surface area (Å²) in [5.74, 6) is 0. The first kappa shape index (κ1) is 19.5. The van der Waals surface area contributed by atoms with Gasteiger partial charge in [0.15, 0.2) is 0 Å². The molecule has 0 aromatic rings. The Balaban J connectivity index is -0.000000320. The van der Waals surface area contributed by atoms with E-state index in [4.69, 9.17) is 19.6 Å². The molecule has 72 valence electrons. The molecule has 4 N–H and O–H groups in total.